The van der Waals surface area contributed by atoms with Crippen molar-refractivity contribution in [3.63, 3.8) is 0 Å². The van der Waals surface area contributed by atoms with Crippen LogP contribution in [0.4, 0.5) is 5.82 Å². The fourth-order valence-electron chi connectivity index (χ4n) is 2.12. The van der Waals surface area contributed by atoms with Crippen molar-refractivity contribution in [1.29, 1.82) is 0 Å². The lowest BCUT2D eigenvalue weighted by Gasteiger charge is -2.08. The lowest BCUT2D eigenvalue weighted by atomic mass is 10.2. The van der Waals surface area contributed by atoms with Crippen LogP contribution in [0.25, 0.3) is 22.1 Å². The lowest BCUT2D eigenvalue weighted by Crippen LogP contribution is -2.10. The van der Waals surface area contributed by atoms with Crippen LogP contribution in [0.15, 0.2) is 28.7 Å². The quantitative estimate of drug-likeness (QED) is 0.787. The molecule has 0 amide bonds. The maximum atomic E-state index is 5.88. The Morgan fingerprint density at radius 2 is 1.95 bits per heavy atom. The van der Waals surface area contributed by atoms with Gasteiger partial charge in [-0.05, 0) is 25.0 Å². The van der Waals surface area contributed by atoms with E-state index >= 15 is 0 Å². The van der Waals surface area contributed by atoms with Crippen molar-refractivity contribution in [3.05, 3.63) is 30.1 Å². The van der Waals surface area contributed by atoms with Gasteiger partial charge < -0.3 is 9.73 Å². The van der Waals surface area contributed by atoms with Crippen LogP contribution < -0.4 is 5.32 Å². The number of hydrogen-bond donors (Lipinski definition) is 1. The number of nitrogens with zero attached hydrogens (tertiary/aromatic N) is 2. The highest BCUT2D eigenvalue weighted by atomic mass is 35.5. The number of furan rings is 1. The van der Waals surface area contributed by atoms with Crippen molar-refractivity contribution in [2.24, 2.45) is 5.92 Å². The summed E-state index contributed by atoms with van der Waals surface area (Å²) in [6.45, 7) is 7.10. The molecule has 0 radical (unpaired) electrons. The second-order valence-corrected chi connectivity index (χ2v) is 5.17. The summed E-state index contributed by atoms with van der Waals surface area (Å²) in [5, 5.41) is 4.38. The third-order valence-electron chi connectivity index (χ3n) is 3.01. The van der Waals surface area contributed by atoms with Gasteiger partial charge in [-0.1, -0.05) is 26.0 Å². The van der Waals surface area contributed by atoms with Gasteiger partial charge in [0.25, 0.3) is 0 Å². The summed E-state index contributed by atoms with van der Waals surface area (Å²) in [5.41, 5.74) is 2.48. The van der Waals surface area contributed by atoms with Gasteiger partial charge in [0, 0.05) is 11.9 Å². The van der Waals surface area contributed by atoms with E-state index in [4.69, 9.17) is 4.42 Å². The molecule has 0 aliphatic carbocycles. The van der Waals surface area contributed by atoms with Crippen LogP contribution in [0, 0.1) is 12.8 Å². The van der Waals surface area contributed by atoms with Gasteiger partial charge in [0.1, 0.15) is 16.9 Å². The Hall–Kier alpha value is -1.81. The maximum Gasteiger partial charge on any atom is 0.196 e. The number of nitrogens with one attached hydrogen (secondary N) is 1. The average Bonchev–Trinajstić information content (AvgIpc) is 2.75. The smallest absolute Gasteiger partial charge is 0.196 e. The minimum Gasteiger partial charge on any atom is -0.450 e. The van der Waals surface area contributed by atoms with Gasteiger partial charge in [-0.15, -0.1) is 12.4 Å². The molecule has 0 fully saturated rings. The molecule has 0 unspecified atom stereocenters. The van der Waals surface area contributed by atoms with E-state index in [9.17, 15) is 0 Å². The SMILES string of the molecule is Cc1nc(NCC(C)C)c2oc3ccccc3c2n1.Cl. The number of halogens is 1. The number of benzene rings is 1. The van der Waals surface area contributed by atoms with Crippen molar-refractivity contribution in [2.45, 2.75) is 20.8 Å². The molecule has 20 heavy (non-hydrogen) atoms. The molecule has 1 N–H and O–H groups in total. The van der Waals surface area contributed by atoms with E-state index in [1.165, 1.54) is 0 Å². The Kier molecular flexibility index (Phi) is 4.14. The molecule has 106 valence electrons. The summed E-state index contributed by atoms with van der Waals surface area (Å²) in [6, 6.07) is 7.95. The van der Waals surface area contributed by atoms with Crippen LogP contribution in [0.5, 0.6) is 0 Å². The normalized spacial score (nSPS) is 11.0. The van der Waals surface area contributed by atoms with E-state index in [1.54, 1.807) is 0 Å². The van der Waals surface area contributed by atoms with Gasteiger partial charge in [0.05, 0.1) is 0 Å². The van der Waals surface area contributed by atoms with Crippen molar-refractivity contribution in [3.8, 4) is 0 Å². The van der Waals surface area contributed by atoms with E-state index < -0.39 is 0 Å². The zero-order chi connectivity index (χ0) is 13.4. The van der Waals surface area contributed by atoms with Crippen LogP contribution >= 0.6 is 12.4 Å². The van der Waals surface area contributed by atoms with E-state index in [-0.39, 0.29) is 12.4 Å². The number of anilines is 1. The number of aryl methyl sites for hydroxylation is 1. The molecule has 0 saturated heterocycles. The first-order chi connectivity index (χ1) is 9.15. The summed E-state index contributed by atoms with van der Waals surface area (Å²) in [4.78, 5) is 8.96. The van der Waals surface area contributed by atoms with Crippen molar-refractivity contribution in [1.82, 2.24) is 9.97 Å². The van der Waals surface area contributed by atoms with Gasteiger partial charge in [-0.2, -0.15) is 0 Å². The highest BCUT2D eigenvalue weighted by Crippen LogP contribution is 2.30. The summed E-state index contributed by atoms with van der Waals surface area (Å²) in [6.07, 6.45) is 0. The monoisotopic (exact) mass is 291 g/mol. The zero-order valence-corrected chi connectivity index (χ0v) is 12.6. The fraction of sp³-hybridized carbons (Fsp3) is 0.333. The van der Waals surface area contributed by atoms with Gasteiger partial charge in [-0.3, -0.25) is 0 Å². The first kappa shape index (κ1) is 14.6. The van der Waals surface area contributed by atoms with E-state index in [1.807, 2.05) is 31.2 Å². The van der Waals surface area contributed by atoms with Gasteiger partial charge >= 0.3 is 0 Å². The Balaban J connectivity index is 0.00000147. The van der Waals surface area contributed by atoms with Crippen LogP contribution in [0.2, 0.25) is 0 Å². The molecule has 0 aliphatic rings. The third kappa shape index (κ3) is 2.56. The summed E-state index contributed by atoms with van der Waals surface area (Å²) in [7, 11) is 0. The van der Waals surface area contributed by atoms with Crippen LogP contribution in [-0.4, -0.2) is 16.5 Å². The Morgan fingerprint density at radius 3 is 2.70 bits per heavy atom. The molecule has 1 aromatic carbocycles. The Bertz CT molecular complexity index is 736. The van der Waals surface area contributed by atoms with Gasteiger partial charge in [0.15, 0.2) is 11.4 Å². The third-order valence-corrected chi connectivity index (χ3v) is 3.01. The lowest BCUT2D eigenvalue weighted by molar-refractivity contribution is 0.658. The molecule has 0 bridgehead atoms. The predicted molar refractivity (Wildman–Crippen MR) is 84.6 cm³/mol. The number of para-hydroxylation sites is 1. The highest BCUT2D eigenvalue weighted by molar-refractivity contribution is 6.05. The second kappa shape index (κ2) is 5.67. The Labute approximate surface area is 124 Å². The van der Waals surface area contributed by atoms with Crippen LogP contribution in [0.1, 0.15) is 19.7 Å². The molecular formula is C15H18ClN3O. The molecule has 0 spiro atoms. The van der Waals surface area contributed by atoms with E-state index in [2.05, 4.69) is 29.1 Å². The number of aromatic nitrogens is 2. The second-order valence-electron chi connectivity index (χ2n) is 5.17. The first-order valence-electron chi connectivity index (χ1n) is 6.55. The van der Waals surface area contributed by atoms with Crippen molar-refractivity contribution in [2.75, 3.05) is 11.9 Å². The molecule has 0 aliphatic heterocycles. The van der Waals surface area contributed by atoms with E-state index in [0.29, 0.717) is 5.92 Å². The molecule has 4 nitrogen and oxygen atoms in total. The molecular weight excluding hydrogens is 274 g/mol. The van der Waals surface area contributed by atoms with Crippen molar-refractivity contribution < 1.29 is 4.42 Å². The summed E-state index contributed by atoms with van der Waals surface area (Å²) in [5.74, 6) is 2.09. The standard InChI is InChI=1S/C15H17N3O.ClH/c1-9(2)8-16-15-14-13(17-10(3)18-15)11-6-4-5-7-12(11)19-14;/h4-7,9H,8H2,1-3H3,(H,16,17,18);1H. The molecule has 3 aromatic rings. The minimum absolute atomic E-state index is 0. The Morgan fingerprint density at radius 1 is 1.20 bits per heavy atom. The summed E-state index contributed by atoms with van der Waals surface area (Å²) >= 11 is 0. The molecule has 3 rings (SSSR count). The van der Waals surface area contributed by atoms with Crippen LogP contribution in [0.3, 0.4) is 0 Å². The largest absolute Gasteiger partial charge is 0.450 e. The van der Waals surface area contributed by atoms with E-state index in [0.717, 1.165) is 40.3 Å². The molecule has 0 atom stereocenters. The fourth-order valence-corrected chi connectivity index (χ4v) is 2.12. The molecule has 2 heterocycles. The van der Waals surface area contributed by atoms with Gasteiger partial charge in [-0.25, -0.2) is 9.97 Å². The first-order valence-corrected chi connectivity index (χ1v) is 6.55. The zero-order valence-electron chi connectivity index (χ0n) is 11.8. The van der Waals surface area contributed by atoms with Crippen LogP contribution in [-0.2, 0) is 0 Å². The van der Waals surface area contributed by atoms with Crippen molar-refractivity contribution >= 4 is 40.3 Å². The van der Waals surface area contributed by atoms with Gasteiger partial charge in [0.2, 0.25) is 0 Å². The maximum absolute atomic E-state index is 5.88. The minimum atomic E-state index is 0. The highest BCUT2D eigenvalue weighted by Gasteiger charge is 2.14. The average molecular weight is 292 g/mol. The molecule has 0 saturated carbocycles. The molecule has 2 aromatic heterocycles. The predicted octanol–water partition coefficient (Wildman–Crippen LogP) is 4.17. The number of hydrogen-bond acceptors (Lipinski definition) is 4. The topological polar surface area (TPSA) is 51.0 Å². The number of rotatable bonds is 3. The number of fused-ring (bicyclic) bond motifs is 3. The summed E-state index contributed by atoms with van der Waals surface area (Å²) < 4.78 is 5.88. The molecule has 5 heteroatoms.